The average Bonchev–Trinajstić information content (AvgIpc) is 2.43. The van der Waals surface area contributed by atoms with Crippen molar-refractivity contribution in [1.82, 2.24) is 0 Å². The Balaban J connectivity index is 2.32. The predicted molar refractivity (Wildman–Crippen MR) is 49.9 cm³/mol. The van der Waals surface area contributed by atoms with Gasteiger partial charge in [-0.2, -0.15) is 0 Å². The molecular weight excluding hydrogens is 168 g/mol. The molecule has 0 amide bonds. The van der Waals surface area contributed by atoms with Gasteiger partial charge in [-0.25, -0.2) is 0 Å². The van der Waals surface area contributed by atoms with Gasteiger partial charge in [0.15, 0.2) is 11.5 Å². The van der Waals surface area contributed by atoms with Crippen molar-refractivity contribution in [2.75, 3.05) is 0 Å². The van der Waals surface area contributed by atoms with Crippen LogP contribution in [0, 0.1) is 0 Å². The monoisotopic (exact) mass is 184 g/mol. The van der Waals surface area contributed by atoms with Gasteiger partial charge < -0.3 is 14.6 Å². The summed E-state index contributed by atoms with van der Waals surface area (Å²) in [7, 11) is 0. The molecule has 0 radical (unpaired) electrons. The highest BCUT2D eigenvalue weighted by atomic mass is 16.4. The fourth-order valence-electron chi connectivity index (χ4n) is 1.27. The molecule has 1 aromatic heterocycles. The summed E-state index contributed by atoms with van der Waals surface area (Å²) in [6.07, 6.45) is 6.39. The van der Waals surface area contributed by atoms with Crippen molar-refractivity contribution in [3.05, 3.63) is 12.0 Å². The standard InChI is InChI=1S/C10H16O3/c1-2-3-4-5-6-9-10(12)8(11)7-13-9/h7,11-12H,2-6H2,1H3. The van der Waals surface area contributed by atoms with E-state index in [0.717, 1.165) is 12.8 Å². The van der Waals surface area contributed by atoms with E-state index in [9.17, 15) is 5.11 Å². The normalized spacial score (nSPS) is 10.5. The van der Waals surface area contributed by atoms with Crippen LogP contribution in [0.25, 0.3) is 0 Å². The van der Waals surface area contributed by atoms with Crippen LogP contribution in [0.5, 0.6) is 11.5 Å². The smallest absolute Gasteiger partial charge is 0.200 e. The lowest BCUT2D eigenvalue weighted by molar-refractivity contribution is 0.401. The van der Waals surface area contributed by atoms with Crippen molar-refractivity contribution in [2.24, 2.45) is 0 Å². The first-order valence-electron chi connectivity index (χ1n) is 4.74. The molecule has 0 bridgehead atoms. The summed E-state index contributed by atoms with van der Waals surface area (Å²) >= 11 is 0. The molecule has 0 aliphatic carbocycles. The molecule has 74 valence electrons. The zero-order chi connectivity index (χ0) is 9.68. The van der Waals surface area contributed by atoms with E-state index in [1.165, 1.54) is 19.1 Å². The lowest BCUT2D eigenvalue weighted by Gasteiger charge is -1.97. The third-order valence-electron chi connectivity index (χ3n) is 2.08. The molecular formula is C10H16O3. The minimum absolute atomic E-state index is 0.100. The number of hydrogen-bond donors (Lipinski definition) is 2. The maximum Gasteiger partial charge on any atom is 0.200 e. The summed E-state index contributed by atoms with van der Waals surface area (Å²) in [5.41, 5.74) is 0. The molecule has 0 aromatic carbocycles. The molecule has 0 unspecified atom stereocenters. The number of rotatable bonds is 5. The zero-order valence-electron chi connectivity index (χ0n) is 7.92. The largest absolute Gasteiger partial charge is 0.502 e. The highest BCUT2D eigenvalue weighted by Gasteiger charge is 2.10. The maximum atomic E-state index is 9.25. The summed E-state index contributed by atoms with van der Waals surface area (Å²) in [5, 5.41) is 18.2. The predicted octanol–water partition coefficient (Wildman–Crippen LogP) is 2.81. The van der Waals surface area contributed by atoms with Crippen LogP contribution in [-0.2, 0) is 6.42 Å². The number of unbranched alkanes of at least 4 members (excludes halogenated alkanes) is 3. The van der Waals surface area contributed by atoms with Gasteiger partial charge in [0.1, 0.15) is 12.0 Å². The Kier molecular flexibility index (Phi) is 3.68. The van der Waals surface area contributed by atoms with Crippen LogP contribution in [0.3, 0.4) is 0 Å². The molecule has 0 fully saturated rings. The molecule has 0 aliphatic heterocycles. The third-order valence-corrected chi connectivity index (χ3v) is 2.08. The SMILES string of the molecule is CCCCCCc1occ(O)c1O. The lowest BCUT2D eigenvalue weighted by Crippen LogP contribution is -1.83. The second kappa shape index (κ2) is 4.80. The molecule has 0 saturated heterocycles. The van der Waals surface area contributed by atoms with Crippen LogP contribution in [0.4, 0.5) is 0 Å². The minimum atomic E-state index is -0.162. The molecule has 1 heterocycles. The van der Waals surface area contributed by atoms with Gasteiger partial charge in [-0.3, -0.25) is 0 Å². The third kappa shape index (κ3) is 2.68. The molecule has 0 spiro atoms. The molecule has 1 aromatic rings. The van der Waals surface area contributed by atoms with Gasteiger partial charge in [-0.1, -0.05) is 26.2 Å². The second-order valence-electron chi connectivity index (χ2n) is 3.20. The number of aryl methyl sites for hydroxylation is 1. The maximum absolute atomic E-state index is 9.25. The van der Waals surface area contributed by atoms with E-state index in [-0.39, 0.29) is 11.5 Å². The van der Waals surface area contributed by atoms with E-state index in [1.807, 2.05) is 0 Å². The van der Waals surface area contributed by atoms with Gasteiger partial charge in [0.25, 0.3) is 0 Å². The van der Waals surface area contributed by atoms with Gasteiger partial charge in [-0.15, -0.1) is 0 Å². The first-order chi connectivity index (χ1) is 6.25. The number of furan rings is 1. The highest BCUT2D eigenvalue weighted by molar-refractivity contribution is 5.38. The molecule has 0 atom stereocenters. The summed E-state index contributed by atoms with van der Waals surface area (Å²) in [6, 6.07) is 0. The van der Waals surface area contributed by atoms with Crippen LogP contribution in [0.2, 0.25) is 0 Å². The average molecular weight is 184 g/mol. The Morgan fingerprint density at radius 2 is 2.00 bits per heavy atom. The minimum Gasteiger partial charge on any atom is -0.502 e. The molecule has 0 aliphatic rings. The lowest BCUT2D eigenvalue weighted by atomic mass is 10.1. The Labute approximate surface area is 78.0 Å². The molecule has 3 nitrogen and oxygen atoms in total. The Hall–Kier alpha value is -1.12. The summed E-state index contributed by atoms with van der Waals surface area (Å²) in [5.74, 6) is 0.232. The molecule has 0 saturated carbocycles. The Morgan fingerprint density at radius 1 is 1.23 bits per heavy atom. The number of aromatic hydroxyl groups is 2. The van der Waals surface area contributed by atoms with E-state index >= 15 is 0 Å². The molecule has 3 heteroatoms. The van der Waals surface area contributed by atoms with Gasteiger partial charge in [0, 0.05) is 6.42 Å². The van der Waals surface area contributed by atoms with E-state index in [0.29, 0.717) is 12.2 Å². The fourth-order valence-corrected chi connectivity index (χ4v) is 1.27. The summed E-state index contributed by atoms with van der Waals surface area (Å²) < 4.78 is 4.98. The Bertz CT molecular complexity index is 253. The van der Waals surface area contributed by atoms with Crippen LogP contribution < -0.4 is 0 Å². The van der Waals surface area contributed by atoms with Crippen molar-refractivity contribution in [3.8, 4) is 11.5 Å². The van der Waals surface area contributed by atoms with Crippen LogP contribution in [-0.4, -0.2) is 10.2 Å². The first-order valence-corrected chi connectivity index (χ1v) is 4.74. The highest BCUT2D eigenvalue weighted by Crippen LogP contribution is 2.31. The zero-order valence-corrected chi connectivity index (χ0v) is 7.92. The molecule has 13 heavy (non-hydrogen) atoms. The van der Waals surface area contributed by atoms with E-state index in [1.54, 1.807) is 0 Å². The van der Waals surface area contributed by atoms with Gasteiger partial charge in [0.05, 0.1) is 0 Å². The topological polar surface area (TPSA) is 53.6 Å². The summed E-state index contributed by atoms with van der Waals surface area (Å²) in [4.78, 5) is 0. The molecule has 2 N–H and O–H groups in total. The molecule has 1 rings (SSSR count). The van der Waals surface area contributed by atoms with Crippen molar-refractivity contribution in [1.29, 1.82) is 0 Å². The van der Waals surface area contributed by atoms with Crippen LogP contribution >= 0.6 is 0 Å². The first kappa shape index (κ1) is 9.96. The summed E-state index contributed by atoms with van der Waals surface area (Å²) in [6.45, 7) is 2.15. The quantitative estimate of drug-likeness (QED) is 0.692. The van der Waals surface area contributed by atoms with E-state index in [4.69, 9.17) is 9.52 Å². The Morgan fingerprint density at radius 3 is 2.54 bits per heavy atom. The van der Waals surface area contributed by atoms with Gasteiger partial charge in [-0.05, 0) is 6.42 Å². The van der Waals surface area contributed by atoms with E-state index in [2.05, 4.69) is 6.92 Å². The van der Waals surface area contributed by atoms with Crippen molar-refractivity contribution >= 4 is 0 Å². The van der Waals surface area contributed by atoms with E-state index < -0.39 is 0 Å². The van der Waals surface area contributed by atoms with Crippen LogP contribution in [0.15, 0.2) is 10.7 Å². The fraction of sp³-hybridized carbons (Fsp3) is 0.600. The second-order valence-corrected chi connectivity index (χ2v) is 3.20. The number of hydrogen-bond acceptors (Lipinski definition) is 3. The van der Waals surface area contributed by atoms with Gasteiger partial charge in [0.2, 0.25) is 0 Å². The van der Waals surface area contributed by atoms with Crippen molar-refractivity contribution in [3.63, 3.8) is 0 Å². The van der Waals surface area contributed by atoms with Crippen LogP contribution in [0.1, 0.15) is 38.4 Å². The van der Waals surface area contributed by atoms with Gasteiger partial charge >= 0.3 is 0 Å². The van der Waals surface area contributed by atoms with Crippen molar-refractivity contribution in [2.45, 2.75) is 39.0 Å². The van der Waals surface area contributed by atoms with Crippen molar-refractivity contribution < 1.29 is 14.6 Å².